The topological polar surface area (TPSA) is 17.1 Å². The van der Waals surface area contributed by atoms with Crippen LogP contribution in [-0.2, 0) is 4.79 Å². The van der Waals surface area contributed by atoms with E-state index in [0.717, 1.165) is 17.8 Å². The minimum atomic E-state index is 0.0631. The molecule has 59 valence electrons. The number of carbonyl (C=O) groups excluding carboxylic acids is 1. The summed E-state index contributed by atoms with van der Waals surface area (Å²) < 4.78 is 0. The Hall–Kier alpha value is -0.330. The van der Waals surface area contributed by atoms with Crippen molar-refractivity contribution in [2.75, 3.05) is 0 Å². The summed E-state index contributed by atoms with van der Waals surface area (Å²) in [7, 11) is 0. The van der Waals surface area contributed by atoms with E-state index in [9.17, 15) is 4.79 Å². The SMILES string of the molecule is O=[C]C12CC3CC(CC1C3)C2. The molecular weight excluding hydrogens is 136 g/mol. The first kappa shape index (κ1) is 6.22. The fourth-order valence-corrected chi connectivity index (χ4v) is 3.96. The summed E-state index contributed by atoms with van der Waals surface area (Å²) >= 11 is 0. The molecule has 0 saturated heterocycles. The first-order valence-corrected chi connectivity index (χ1v) is 4.72. The quantitative estimate of drug-likeness (QED) is 0.556. The Morgan fingerprint density at radius 1 is 1.09 bits per heavy atom. The first-order chi connectivity index (χ1) is 5.32. The van der Waals surface area contributed by atoms with E-state index in [2.05, 4.69) is 6.29 Å². The van der Waals surface area contributed by atoms with E-state index in [0.29, 0.717) is 0 Å². The van der Waals surface area contributed by atoms with Gasteiger partial charge in [-0.1, -0.05) is 0 Å². The summed E-state index contributed by atoms with van der Waals surface area (Å²) in [6.45, 7) is 0. The fourth-order valence-electron chi connectivity index (χ4n) is 3.96. The highest BCUT2D eigenvalue weighted by Crippen LogP contribution is 2.64. The van der Waals surface area contributed by atoms with Crippen molar-refractivity contribution in [3.8, 4) is 0 Å². The smallest absolute Gasteiger partial charge is 0.205 e. The zero-order valence-electron chi connectivity index (χ0n) is 6.68. The Bertz CT molecular complexity index is 195. The molecule has 0 amide bonds. The van der Waals surface area contributed by atoms with Crippen LogP contribution in [0, 0.1) is 23.2 Å². The van der Waals surface area contributed by atoms with Gasteiger partial charge in [0.25, 0.3) is 0 Å². The maximum Gasteiger partial charge on any atom is 0.205 e. The van der Waals surface area contributed by atoms with E-state index in [1.54, 1.807) is 0 Å². The van der Waals surface area contributed by atoms with Crippen molar-refractivity contribution in [3.63, 3.8) is 0 Å². The molecule has 2 unspecified atom stereocenters. The van der Waals surface area contributed by atoms with Crippen LogP contribution in [0.5, 0.6) is 0 Å². The molecule has 0 heterocycles. The molecule has 0 N–H and O–H groups in total. The molecule has 4 aliphatic rings. The molecule has 4 rings (SSSR count). The van der Waals surface area contributed by atoms with Gasteiger partial charge in [0.2, 0.25) is 6.29 Å². The van der Waals surface area contributed by atoms with Gasteiger partial charge in [0, 0.05) is 5.41 Å². The number of hydrogen-bond acceptors (Lipinski definition) is 1. The van der Waals surface area contributed by atoms with Crippen molar-refractivity contribution >= 4 is 6.29 Å². The van der Waals surface area contributed by atoms with Crippen molar-refractivity contribution in [2.24, 2.45) is 23.2 Å². The summed E-state index contributed by atoms with van der Waals surface area (Å²) in [4.78, 5) is 10.9. The second kappa shape index (κ2) is 1.70. The van der Waals surface area contributed by atoms with Crippen LogP contribution in [0.3, 0.4) is 0 Å². The highest BCUT2D eigenvalue weighted by Gasteiger charge is 2.58. The van der Waals surface area contributed by atoms with Crippen LogP contribution < -0.4 is 0 Å². The molecule has 0 aromatic rings. The second-order valence-electron chi connectivity index (χ2n) is 4.80. The van der Waals surface area contributed by atoms with E-state index in [1.165, 1.54) is 32.1 Å². The molecule has 4 fully saturated rings. The zero-order valence-corrected chi connectivity index (χ0v) is 6.68. The Balaban J connectivity index is 2.04. The average molecular weight is 149 g/mol. The van der Waals surface area contributed by atoms with Gasteiger partial charge >= 0.3 is 0 Å². The Labute approximate surface area is 67.2 Å². The van der Waals surface area contributed by atoms with Crippen LogP contribution in [-0.4, -0.2) is 6.29 Å². The molecule has 0 spiro atoms. The first-order valence-electron chi connectivity index (χ1n) is 4.72. The lowest BCUT2D eigenvalue weighted by molar-refractivity contribution is 0.259. The van der Waals surface area contributed by atoms with Gasteiger partial charge in [-0.25, -0.2) is 0 Å². The summed E-state index contributed by atoms with van der Waals surface area (Å²) in [6.07, 6.45) is 8.80. The van der Waals surface area contributed by atoms with Crippen LogP contribution in [0.15, 0.2) is 0 Å². The third-order valence-electron chi connectivity index (χ3n) is 4.19. The van der Waals surface area contributed by atoms with Crippen LogP contribution >= 0.6 is 0 Å². The Morgan fingerprint density at radius 3 is 2.18 bits per heavy atom. The molecule has 1 heteroatoms. The minimum absolute atomic E-state index is 0.0631. The summed E-state index contributed by atoms with van der Waals surface area (Å²) in [5.41, 5.74) is 0.0631. The van der Waals surface area contributed by atoms with Crippen LogP contribution in [0.25, 0.3) is 0 Å². The van der Waals surface area contributed by atoms with Gasteiger partial charge in [-0.15, -0.1) is 0 Å². The molecule has 1 nitrogen and oxygen atoms in total. The molecule has 11 heavy (non-hydrogen) atoms. The largest absolute Gasteiger partial charge is 0.290 e. The third-order valence-corrected chi connectivity index (χ3v) is 4.19. The lowest BCUT2D eigenvalue weighted by atomic mass is 9.77. The van der Waals surface area contributed by atoms with Crippen molar-refractivity contribution in [2.45, 2.75) is 32.1 Å². The summed E-state index contributed by atoms with van der Waals surface area (Å²) in [5, 5.41) is 0. The molecule has 4 aliphatic carbocycles. The molecule has 4 bridgehead atoms. The van der Waals surface area contributed by atoms with E-state index < -0.39 is 0 Å². The van der Waals surface area contributed by atoms with Gasteiger partial charge in [-0.2, -0.15) is 0 Å². The lowest BCUT2D eigenvalue weighted by Gasteiger charge is -2.26. The van der Waals surface area contributed by atoms with E-state index in [4.69, 9.17) is 0 Å². The Kier molecular flexibility index (Phi) is 0.961. The summed E-state index contributed by atoms with van der Waals surface area (Å²) in [6, 6.07) is 0. The molecule has 0 aromatic heterocycles. The van der Waals surface area contributed by atoms with Gasteiger partial charge < -0.3 is 0 Å². The van der Waals surface area contributed by atoms with E-state index in [1.807, 2.05) is 0 Å². The molecule has 0 aliphatic heterocycles. The van der Waals surface area contributed by atoms with Crippen LogP contribution in [0.2, 0.25) is 0 Å². The predicted molar refractivity (Wildman–Crippen MR) is 41.7 cm³/mol. The molecular formula is C10H13O. The molecule has 2 atom stereocenters. The van der Waals surface area contributed by atoms with Crippen LogP contribution in [0.4, 0.5) is 0 Å². The van der Waals surface area contributed by atoms with Gasteiger partial charge in [0.1, 0.15) is 0 Å². The van der Waals surface area contributed by atoms with Crippen molar-refractivity contribution < 1.29 is 4.79 Å². The normalized spacial score (nSPS) is 58.7. The van der Waals surface area contributed by atoms with Crippen molar-refractivity contribution in [1.29, 1.82) is 0 Å². The van der Waals surface area contributed by atoms with Gasteiger partial charge in [-0.3, -0.25) is 4.79 Å². The highest BCUT2D eigenvalue weighted by molar-refractivity contribution is 5.63. The second-order valence-corrected chi connectivity index (χ2v) is 4.80. The van der Waals surface area contributed by atoms with Gasteiger partial charge in [0.15, 0.2) is 0 Å². The maximum absolute atomic E-state index is 10.9. The van der Waals surface area contributed by atoms with Gasteiger partial charge in [0.05, 0.1) is 0 Å². The van der Waals surface area contributed by atoms with E-state index in [-0.39, 0.29) is 5.41 Å². The average Bonchev–Trinajstić information content (AvgIpc) is 2.37. The summed E-state index contributed by atoms with van der Waals surface area (Å²) in [5.74, 6) is 2.53. The van der Waals surface area contributed by atoms with Gasteiger partial charge in [-0.05, 0) is 49.9 Å². The van der Waals surface area contributed by atoms with Crippen LogP contribution in [0.1, 0.15) is 32.1 Å². The zero-order chi connectivity index (χ0) is 7.47. The number of hydrogen-bond donors (Lipinski definition) is 0. The molecule has 1 radical (unpaired) electrons. The maximum atomic E-state index is 10.9. The van der Waals surface area contributed by atoms with Crippen molar-refractivity contribution in [3.05, 3.63) is 0 Å². The lowest BCUT2D eigenvalue weighted by Crippen LogP contribution is -2.23. The monoisotopic (exact) mass is 149 g/mol. The predicted octanol–water partition coefficient (Wildman–Crippen LogP) is 1.92. The molecule has 0 aromatic carbocycles. The van der Waals surface area contributed by atoms with E-state index >= 15 is 0 Å². The number of rotatable bonds is 1. The minimum Gasteiger partial charge on any atom is -0.290 e. The Morgan fingerprint density at radius 2 is 1.73 bits per heavy atom. The third kappa shape index (κ3) is 0.605. The fraction of sp³-hybridized carbons (Fsp3) is 0.900. The molecule has 4 saturated carbocycles. The standard InChI is InChI=1S/C10H13O/c11-6-10-4-7-1-8(5-10)3-9(10)2-7/h7-9H,1-5H2. The van der Waals surface area contributed by atoms with Crippen molar-refractivity contribution in [1.82, 2.24) is 0 Å². The highest BCUT2D eigenvalue weighted by atomic mass is 16.1.